The second-order valence-corrected chi connectivity index (χ2v) is 0. The van der Waals surface area contributed by atoms with E-state index in [1.54, 1.807) is 0 Å². The van der Waals surface area contributed by atoms with Gasteiger partial charge in [0.25, 0.3) is 0 Å². The zero-order chi connectivity index (χ0) is 0. The van der Waals surface area contributed by atoms with Crippen LogP contribution in [0, 0.1) is 0 Å². The molecule has 6 heavy (non-hydrogen) atoms. The molecule has 0 aliphatic rings. The monoisotopic (exact) mass is 672 g/mol. The van der Waals surface area contributed by atoms with Crippen LogP contribution in [0.4, 0.5) is 0 Å². The zero-order valence-corrected chi connectivity index (χ0v) is 18.1. The quantitative estimate of drug-likeness (QED) is 0.272. The van der Waals surface area contributed by atoms with Crippen LogP contribution in [0.2, 0.25) is 0 Å². The van der Waals surface area contributed by atoms with E-state index in [1.165, 1.54) is 0 Å². The van der Waals surface area contributed by atoms with Crippen LogP contribution in [0.5, 0.6) is 0 Å². The van der Waals surface area contributed by atoms with E-state index >= 15 is 0 Å². The van der Waals surface area contributed by atoms with Crippen LogP contribution in [-0.2, 0) is 0 Å². The van der Waals surface area contributed by atoms with E-state index in [4.69, 9.17) is 0 Å². The molecular formula is H4I4KSb. The molecule has 0 aromatic heterocycles. The summed E-state index contributed by atoms with van der Waals surface area (Å²) in [7, 11) is 0. The first-order chi connectivity index (χ1) is 0. The van der Waals surface area contributed by atoms with Crippen LogP contribution in [-0.4, -0.2) is 75.8 Å². The van der Waals surface area contributed by atoms with Gasteiger partial charge in [-0.3, -0.25) is 0 Å². The summed E-state index contributed by atoms with van der Waals surface area (Å²) in [5.74, 6) is 0. The van der Waals surface area contributed by atoms with E-state index in [0.29, 0.717) is 0 Å². The van der Waals surface area contributed by atoms with Crippen molar-refractivity contribution in [2.24, 2.45) is 0 Å². The molecule has 0 saturated heterocycles. The normalized spacial score (nSPS) is 0. The van der Waals surface area contributed by atoms with Crippen molar-refractivity contribution in [2.75, 3.05) is 0 Å². The van der Waals surface area contributed by atoms with Gasteiger partial charge in [0.2, 0.25) is 0 Å². The largest absolute Gasteiger partial charge is 0.107 e. The van der Waals surface area contributed by atoms with Gasteiger partial charge in [0.1, 0.15) is 0 Å². The second-order valence-electron chi connectivity index (χ2n) is 0. The van der Waals surface area contributed by atoms with Gasteiger partial charge >= 0.3 is 0 Å². The van der Waals surface area contributed by atoms with Crippen LogP contribution in [0.25, 0.3) is 0 Å². The Labute approximate surface area is 166 Å². The van der Waals surface area contributed by atoms with E-state index in [1.807, 2.05) is 0 Å². The van der Waals surface area contributed by atoms with Crippen molar-refractivity contribution in [1.82, 2.24) is 0 Å². The molecule has 0 unspecified atom stereocenters. The predicted molar refractivity (Wildman–Crippen MR) is 73.2 cm³/mol. The standard InChI is InChI=1S/4HI.K.Sb/h4*1H;;. The van der Waals surface area contributed by atoms with Gasteiger partial charge in [-0.25, -0.2) is 0 Å². The van der Waals surface area contributed by atoms with Crippen molar-refractivity contribution >= 4 is 172 Å². The number of rotatable bonds is 0. The molecular weight excluding hydrogens is 668 g/mol. The van der Waals surface area contributed by atoms with Crippen LogP contribution >= 0.6 is 95.9 Å². The summed E-state index contributed by atoms with van der Waals surface area (Å²) in [6, 6.07) is 0. The van der Waals surface area contributed by atoms with Crippen LogP contribution in [0.3, 0.4) is 0 Å². The van der Waals surface area contributed by atoms with Crippen molar-refractivity contribution < 1.29 is 0 Å². The third-order valence-corrected chi connectivity index (χ3v) is 0. The molecule has 0 saturated carbocycles. The van der Waals surface area contributed by atoms with E-state index in [-0.39, 0.29) is 172 Å². The Morgan fingerprint density at radius 1 is 0.500 bits per heavy atom. The molecule has 0 aromatic carbocycles. The topological polar surface area (TPSA) is 0 Å². The van der Waals surface area contributed by atoms with Gasteiger partial charge in [0.15, 0.2) is 0 Å². The molecule has 0 spiro atoms. The molecule has 0 N–H and O–H groups in total. The summed E-state index contributed by atoms with van der Waals surface area (Å²) in [6.45, 7) is 0. The Bertz CT molecular complexity index is 7.51. The van der Waals surface area contributed by atoms with Crippen molar-refractivity contribution in [1.29, 1.82) is 0 Å². The van der Waals surface area contributed by atoms with Crippen molar-refractivity contribution in [3.8, 4) is 0 Å². The van der Waals surface area contributed by atoms with Gasteiger partial charge in [-0.05, 0) is 0 Å². The minimum Gasteiger partial charge on any atom is -0.107 e. The fourth-order valence-corrected chi connectivity index (χ4v) is 0. The summed E-state index contributed by atoms with van der Waals surface area (Å²) in [4.78, 5) is 0. The smallest absolute Gasteiger partial charge is 0 e. The molecule has 0 fully saturated rings. The maximum absolute atomic E-state index is 0. The minimum atomic E-state index is 0. The molecule has 0 rings (SSSR count). The number of hydrogen-bond donors (Lipinski definition) is 0. The van der Waals surface area contributed by atoms with Crippen molar-refractivity contribution in [3.05, 3.63) is 0 Å². The molecule has 0 aliphatic heterocycles. The summed E-state index contributed by atoms with van der Waals surface area (Å²) in [5.41, 5.74) is 0. The first-order valence-electron chi connectivity index (χ1n) is 0. The van der Waals surface area contributed by atoms with Gasteiger partial charge in [0, 0.05) is 75.8 Å². The average molecular weight is 673 g/mol. The maximum atomic E-state index is 0. The maximum Gasteiger partial charge on any atom is 0 e. The van der Waals surface area contributed by atoms with Crippen LogP contribution in [0.15, 0.2) is 0 Å². The number of halogens is 4. The van der Waals surface area contributed by atoms with E-state index in [0.717, 1.165) is 0 Å². The first-order valence-corrected chi connectivity index (χ1v) is 0. The third kappa shape index (κ3) is 22.8. The van der Waals surface area contributed by atoms with Crippen molar-refractivity contribution in [3.63, 3.8) is 0 Å². The SMILES string of the molecule is I.I.I.I.[K].[Sb]. The Morgan fingerprint density at radius 2 is 0.500 bits per heavy atom. The fraction of sp³-hybridized carbons (Fsp3) is 0. The van der Waals surface area contributed by atoms with Gasteiger partial charge in [0.05, 0.1) is 0 Å². The molecule has 0 bridgehead atoms. The van der Waals surface area contributed by atoms with E-state index < -0.39 is 0 Å². The van der Waals surface area contributed by atoms with Crippen molar-refractivity contribution in [2.45, 2.75) is 0 Å². The molecule has 4 radical (unpaired) electrons. The molecule has 0 nitrogen and oxygen atoms in total. The Kier molecular flexibility index (Phi) is 223. The van der Waals surface area contributed by atoms with Gasteiger partial charge in [-0.15, -0.1) is 95.9 Å². The van der Waals surface area contributed by atoms with Gasteiger partial charge in [-0.1, -0.05) is 0 Å². The van der Waals surface area contributed by atoms with Gasteiger partial charge in [-0.2, -0.15) is 0 Å². The molecule has 0 heterocycles. The van der Waals surface area contributed by atoms with Crippen LogP contribution in [0.1, 0.15) is 0 Å². The Morgan fingerprint density at radius 3 is 0.500 bits per heavy atom. The van der Waals surface area contributed by atoms with E-state index in [2.05, 4.69) is 0 Å². The summed E-state index contributed by atoms with van der Waals surface area (Å²) < 4.78 is 0. The Hall–Kier alpha value is 5.37. The summed E-state index contributed by atoms with van der Waals surface area (Å²) in [6.07, 6.45) is 0. The average Bonchev–Trinajstić information content (AvgIpc) is 0. The van der Waals surface area contributed by atoms with Gasteiger partial charge < -0.3 is 0 Å². The summed E-state index contributed by atoms with van der Waals surface area (Å²) in [5, 5.41) is 0. The molecule has 0 atom stereocenters. The third-order valence-electron chi connectivity index (χ3n) is 0. The molecule has 0 aliphatic carbocycles. The van der Waals surface area contributed by atoms with Crippen LogP contribution < -0.4 is 0 Å². The molecule has 0 aromatic rings. The molecule has 0 amide bonds. The second kappa shape index (κ2) is 31.6. The predicted octanol–water partition coefficient (Wildman–Crippen LogP) is 1.71. The first kappa shape index (κ1) is 42.4. The minimum absolute atomic E-state index is 0. The Balaban J connectivity index is 0. The zero-order valence-electron chi connectivity index (χ0n) is 3.08. The summed E-state index contributed by atoms with van der Waals surface area (Å²) >= 11 is 0. The fourth-order valence-electron chi connectivity index (χ4n) is 0. The number of hydrogen-bond acceptors (Lipinski definition) is 0. The molecule has 38 valence electrons. The van der Waals surface area contributed by atoms with E-state index in [9.17, 15) is 0 Å². The molecule has 6 heteroatoms.